The van der Waals surface area contributed by atoms with Crippen LogP contribution in [0.5, 0.6) is 0 Å². The quantitative estimate of drug-likeness (QED) is 0.645. The molecule has 0 nitrogen and oxygen atoms in total. The molecule has 1 heteroatoms. The second-order valence-corrected chi connectivity index (χ2v) is 3.13. The Morgan fingerprint density at radius 2 is 2.08 bits per heavy atom. The van der Waals surface area contributed by atoms with E-state index in [9.17, 15) is 4.39 Å². The Bertz CT molecular complexity index is 253. The molecule has 0 unspecified atom stereocenters. The van der Waals surface area contributed by atoms with Crippen LogP contribution in [-0.2, 0) is 6.42 Å². The molecule has 1 rings (SSSR count). The molecule has 0 aromatic heterocycles. The highest BCUT2D eigenvalue weighted by molar-refractivity contribution is 5.27. The van der Waals surface area contributed by atoms with E-state index in [2.05, 4.69) is 6.92 Å². The summed E-state index contributed by atoms with van der Waals surface area (Å²) in [5.74, 6) is -0.0800. The van der Waals surface area contributed by atoms with Crippen molar-refractivity contribution in [3.63, 3.8) is 0 Å². The van der Waals surface area contributed by atoms with Gasteiger partial charge in [0.25, 0.3) is 0 Å². The van der Waals surface area contributed by atoms with E-state index in [1.807, 2.05) is 13.0 Å². The van der Waals surface area contributed by atoms with Crippen LogP contribution in [-0.4, -0.2) is 0 Å². The van der Waals surface area contributed by atoms with E-state index in [1.165, 1.54) is 6.07 Å². The fraction of sp³-hybridized carbons (Fsp3) is 0.455. The van der Waals surface area contributed by atoms with E-state index in [1.54, 1.807) is 6.07 Å². The third kappa shape index (κ3) is 2.07. The topological polar surface area (TPSA) is 0 Å². The highest BCUT2D eigenvalue weighted by Gasteiger charge is 2.01. The Labute approximate surface area is 73.4 Å². The van der Waals surface area contributed by atoms with Gasteiger partial charge in [-0.3, -0.25) is 0 Å². The lowest BCUT2D eigenvalue weighted by Crippen LogP contribution is -1.92. The number of aryl methyl sites for hydroxylation is 1. The van der Waals surface area contributed by atoms with Crippen LogP contribution in [0.25, 0.3) is 0 Å². The molecular formula is C11H15F. The summed E-state index contributed by atoms with van der Waals surface area (Å²) < 4.78 is 13.0. The van der Waals surface area contributed by atoms with Crippen LogP contribution in [0, 0.1) is 12.7 Å². The van der Waals surface area contributed by atoms with Gasteiger partial charge >= 0.3 is 0 Å². The Morgan fingerprint density at radius 3 is 2.75 bits per heavy atom. The van der Waals surface area contributed by atoms with Crippen molar-refractivity contribution in [2.45, 2.75) is 33.1 Å². The number of unbranched alkanes of at least 4 members (excludes halogenated alkanes) is 1. The summed E-state index contributed by atoms with van der Waals surface area (Å²) >= 11 is 0. The zero-order chi connectivity index (χ0) is 8.97. The van der Waals surface area contributed by atoms with Gasteiger partial charge in [0.05, 0.1) is 0 Å². The fourth-order valence-corrected chi connectivity index (χ4v) is 1.29. The summed E-state index contributed by atoms with van der Waals surface area (Å²) in [5, 5.41) is 0. The minimum absolute atomic E-state index is 0.0800. The van der Waals surface area contributed by atoms with E-state index in [4.69, 9.17) is 0 Å². The van der Waals surface area contributed by atoms with Crippen LogP contribution >= 0.6 is 0 Å². The largest absolute Gasteiger partial charge is 0.207 e. The van der Waals surface area contributed by atoms with Crippen LogP contribution in [0.15, 0.2) is 18.2 Å². The van der Waals surface area contributed by atoms with Gasteiger partial charge in [0.15, 0.2) is 0 Å². The molecular weight excluding hydrogens is 151 g/mol. The third-order valence-electron chi connectivity index (χ3n) is 2.18. The van der Waals surface area contributed by atoms with Crippen molar-refractivity contribution in [3.05, 3.63) is 35.1 Å². The van der Waals surface area contributed by atoms with Gasteiger partial charge in [-0.2, -0.15) is 0 Å². The number of halogens is 1. The van der Waals surface area contributed by atoms with Crippen molar-refractivity contribution in [1.29, 1.82) is 0 Å². The number of benzene rings is 1. The first kappa shape index (κ1) is 9.24. The van der Waals surface area contributed by atoms with E-state index < -0.39 is 0 Å². The fourth-order valence-electron chi connectivity index (χ4n) is 1.29. The van der Waals surface area contributed by atoms with E-state index in [-0.39, 0.29) is 5.82 Å². The Kier molecular flexibility index (Phi) is 3.27. The van der Waals surface area contributed by atoms with Gasteiger partial charge in [0, 0.05) is 0 Å². The zero-order valence-corrected chi connectivity index (χ0v) is 7.73. The van der Waals surface area contributed by atoms with Gasteiger partial charge in [-0.1, -0.05) is 25.5 Å². The van der Waals surface area contributed by atoms with Crippen LogP contribution in [0.1, 0.15) is 30.9 Å². The maximum atomic E-state index is 13.0. The normalized spacial score (nSPS) is 10.2. The molecule has 0 aliphatic rings. The SMILES string of the molecule is CCCCc1cccc(F)c1C. The molecule has 0 bridgehead atoms. The summed E-state index contributed by atoms with van der Waals surface area (Å²) in [7, 11) is 0. The first-order valence-electron chi connectivity index (χ1n) is 4.49. The average Bonchev–Trinajstić information content (AvgIpc) is 2.08. The van der Waals surface area contributed by atoms with Gasteiger partial charge in [0.2, 0.25) is 0 Å². The summed E-state index contributed by atoms with van der Waals surface area (Å²) in [4.78, 5) is 0. The summed E-state index contributed by atoms with van der Waals surface area (Å²) in [6.45, 7) is 3.99. The molecule has 0 amide bonds. The van der Waals surface area contributed by atoms with Gasteiger partial charge in [-0.15, -0.1) is 0 Å². The van der Waals surface area contributed by atoms with Gasteiger partial charge in [-0.05, 0) is 37.0 Å². The van der Waals surface area contributed by atoms with Crippen LogP contribution < -0.4 is 0 Å². The molecule has 0 atom stereocenters. The van der Waals surface area contributed by atoms with Gasteiger partial charge < -0.3 is 0 Å². The molecule has 12 heavy (non-hydrogen) atoms. The Hall–Kier alpha value is -0.850. The molecule has 0 saturated heterocycles. The van der Waals surface area contributed by atoms with Crippen LogP contribution in [0.4, 0.5) is 4.39 Å². The zero-order valence-electron chi connectivity index (χ0n) is 7.73. The Balaban J connectivity index is 2.78. The molecule has 66 valence electrons. The number of hydrogen-bond acceptors (Lipinski definition) is 0. The first-order valence-corrected chi connectivity index (χ1v) is 4.49. The molecule has 0 N–H and O–H groups in total. The van der Waals surface area contributed by atoms with E-state index >= 15 is 0 Å². The second-order valence-electron chi connectivity index (χ2n) is 3.13. The van der Waals surface area contributed by atoms with Crippen molar-refractivity contribution in [1.82, 2.24) is 0 Å². The molecule has 0 saturated carbocycles. The molecule has 0 aliphatic carbocycles. The van der Waals surface area contributed by atoms with Gasteiger partial charge in [-0.25, -0.2) is 4.39 Å². The van der Waals surface area contributed by atoms with Gasteiger partial charge in [0.1, 0.15) is 5.82 Å². The molecule has 0 fully saturated rings. The standard InChI is InChI=1S/C11H15F/c1-3-4-6-10-7-5-8-11(12)9(10)2/h5,7-8H,3-4,6H2,1-2H3. The molecule has 0 spiro atoms. The average molecular weight is 166 g/mol. The minimum atomic E-state index is -0.0800. The highest BCUT2D eigenvalue weighted by atomic mass is 19.1. The molecule has 1 aromatic carbocycles. The van der Waals surface area contributed by atoms with Crippen molar-refractivity contribution in [2.24, 2.45) is 0 Å². The maximum Gasteiger partial charge on any atom is 0.126 e. The molecule has 0 heterocycles. The predicted molar refractivity (Wildman–Crippen MR) is 49.7 cm³/mol. The lowest BCUT2D eigenvalue weighted by molar-refractivity contribution is 0.613. The monoisotopic (exact) mass is 166 g/mol. The first-order chi connectivity index (χ1) is 5.75. The predicted octanol–water partition coefficient (Wildman–Crippen LogP) is 3.48. The van der Waals surface area contributed by atoms with E-state index in [0.29, 0.717) is 0 Å². The van der Waals surface area contributed by atoms with Crippen molar-refractivity contribution >= 4 is 0 Å². The third-order valence-corrected chi connectivity index (χ3v) is 2.18. The van der Waals surface area contributed by atoms with Crippen molar-refractivity contribution in [2.75, 3.05) is 0 Å². The number of hydrogen-bond donors (Lipinski definition) is 0. The van der Waals surface area contributed by atoms with Crippen LogP contribution in [0.3, 0.4) is 0 Å². The smallest absolute Gasteiger partial charge is 0.126 e. The summed E-state index contributed by atoms with van der Waals surface area (Å²) in [6, 6.07) is 5.31. The minimum Gasteiger partial charge on any atom is -0.207 e. The maximum absolute atomic E-state index is 13.0. The number of rotatable bonds is 3. The lowest BCUT2D eigenvalue weighted by atomic mass is 10.0. The molecule has 0 aliphatic heterocycles. The lowest BCUT2D eigenvalue weighted by Gasteiger charge is -2.04. The molecule has 0 radical (unpaired) electrons. The summed E-state index contributed by atoms with van der Waals surface area (Å²) in [5.41, 5.74) is 1.96. The Morgan fingerprint density at radius 1 is 1.33 bits per heavy atom. The second kappa shape index (κ2) is 4.24. The van der Waals surface area contributed by atoms with Crippen LogP contribution in [0.2, 0.25) is 0 Å². The van der Waals surface area contributed by atoms with Crippen molar-refractivity contribution in [3.8, 4) is 0 Å². The molecule has 1 aromatic rings. The van der Waals surface area contributed by atoms with E-state index in [0.717, 1.165) is 30.4 Å². The summed E-state index contributed by atoms with van der Waals surface area (Å²) in [6.07, 6.45) is 3.31. The highest BCUT2D eigenvalue weighted by Crippen LogP contribution is 2.14. The van der Waals surface area contributed by atoms with Crippen molar-refractivity contribution < 1.29 is 4.39 Å².